The molecule has 0 aliphatic carbocycles. The second-order valence-electron chi connectivity index (χ2n) is 10.4. The van der Waals surface area contributed by atoms with Gasteiger partial charge < -0.3 is 15.4 Å². The van der Waals surface area contributed by atoms with Gasteiger partial charge in [-0.3, -0.25) is 19.4 Å². The molecule has 3 N–H and O–H groups in total. The second-order valence-corrected chi connectivity index (χ2v) is 10.4. The van der Waals surface area contributed by atoms with Gasteiger partial charge in [0.1, 0.15) is 12.1 Å². The van der Waals surface area contributed by atoms with Crippen molar-refractivity contribution in [3.63, 3.8) is 0 Å². The molecule has 1 aromatic rings. The first kappa shape index (κ1) is 28.4. The molecule has 4 bridgehead atoms. The van der Waals surface area contributed by atoms with E-state index in [-0.39, 0.29) is 29.7 Å². The van der Waals surface area contributed by atoms with Crippen LogP contribution in [0, 0.1) is 5.92 Å². The molecular formula is C29H42N4O4. The van der Waals surface area contributed by atoms with Crippen molar-refractivity contribution >= 4 is 23.8 Å². The Balaban J connectivity index is 1.79. The Kier molecular flexibility index (Phi) is 10.3. The first-order chi connectivity index (χ1) is 17.7. The van der Waals surface area contributed by atoms with Crippen molar-refractivity contribution in [2.24, 2.45) is 5.92 Å². The highest BCUT2D eigenvalue weighted by Crippen LogP contribution is 2.19. The molecule has 8 heteroatoms. The molecule has 3 rings (SSSR count). The van der Waals surface area contributed by atoms with Crippen LogP contribution in [0.3, 0.4) is 0 Å². The minimum absolute atomic E-state index is 0.0912. The van der Waals surface area contributed by atoms with Crippen molar-refractivity contribution in [1.29, 1.82) is 0 Å². The van der Waals surface area contributed by atoms with E-state index in [1.165, 1.54) is 5.01 Å². The molecule has 4 atom stereocenters. The Morgan fingerprint density at radius 2 is 1.78 bits per heavy atom. The lowest BCUT2D eigenvalue weighted by Gasteiger charge is -2.35. The molecule has 0 unspecified atom stereocenters. The summed E-state index contributed by atoms with van der Waals surface area (Å²) in [5.74, 6) is -0.305. The Bertz CT molecular complexity index is 1010. The predicted octanol–water partition coefficient (Wildman–Crippen LogP) is 4.01. The van der Waals surface area contributed by atoms with E-state index in [9.17, 15) is 14.4 Å². The predicted molar refractivity (Wildman–Crippen MR) is 145 cm³/mol. The van der Waals surface area contributed by atoms with Gasteiger partial charge >= 0.3 is 0 Å². The number of allylic oxidation sites excluding steroid dienone is 2. The maximum Gasteiger partial charge on any atom is 0.261 e. The molecule has 0 radical (unpaired) electrons. The van der Waals surface area contributed by atoms with E-state index >= 15 is 0 Å². The molecule has 1 saturated heterocycles. The Morgan fingerprint density at radius 3 is 2.54 bits per heavy atom. The number of rotatable bonds is 1. The summed E-state index contributed by atoms with van der Waals surface area (Å²) in [6.45, 7) is 11.9. The van der Waals surface area contributed by atoms with Crippen LogP contribution in [0.25, 0.3) is 6.08 Å². The summed E-state index contributed by atoms with van der Waals surface area (Å²) in [6, 6.07) is 6.66. The van der Waals surface area contributed by atoms with Crippen LogP contribution < -0.4 is 16.1 Å². The molecule has 3 amide bonds. The van der Waals surface area contributed by atoms with Crippen LogP contribution >= 0.6 is 0 Å². The van der Waals surface area contributed by atoms with E-state index in [0.29, 0.717) is 31.6 Å². The molecule has 2 aliphatic rings. The molecule has 202 valence electrons. The average molecular weight is 511 g/mol. The Morgan fingerprint density at radius 1 is 1.03 bits per heavy atom. The first-order valence-corrected chi connectivity index (χ1v) is 13.4. The molecule has 0 saturated carbocycles. The summed E-state index contributed by atoms with van der Waals surface area (Å²) in [5, 5.41) is 7.33. The molecular weight excluding hydrogens is 468 g/mol. The quantitative estimate of drug-likeness (QED) is 0.530. The van der Waals surface area contributed by atoms with Crippen molar-refractivity contribution in [2.75, 3.05) is 6.54 Å². The highest BCUT2D eigenvalue weighted by Gasteiger charge is 2.33. The fourth-order valence-electron chi connectivity index (χ4n) is 4.59. The number of nitrogens with one attached hydrogen (secondary N) is 3. The van der Waals surface area contributed by atoms with Crippen molar-refractivity contribution in [2.45, 2.75) is 90.4 Å². The molecule has 0 aromatic heterocycles. The molecule has 8 nitrogen and oxygen atoms in total. The average Bonchev–Trinajstić information content (AvgIpc) is 2.88. The number of carbonyl (C=O) groups is 3. The number of fused-ring (bicyclic) bond motifs is 4. The van der Waals surface area contributed by atoms with Crippen LogP contribution in [-0.2, 0) is 19.1 Å². The summed E-state index contributed by atoms with van der Waals surface area (Å²) in [4.78, 5) is 39.2. The zero-order chi connectivity index (χ0) is 26.9. The largest absolute Gasteiger partial charge is 0.485 e. The Hall–Kier alpha value is -3.13. The third kappa shape index (κ3) is 8.18. The van der Waals surface area contributed by atoms with Crippen molar-refractivity contribution in [3.8, 4) is 0 Å². The number of benzene rings is 1. The van der Waals surface area contributed by atoms with Crippen LogP contribution in [-0.4, -0.2) is 47.5 Å². The fourth-order valence-corrected chi connectivity index (χ4v) is 4.59. The zero-order valence-electron chi connectivity index (χ0n) is 22.6. The van der Waals surface area contributed by atoms with Gasteiger partial charge in [-0.1, -0.05) is 50.8 Å². The van der Waals surface area contributed by atoms with Gasteiger partial charge in [0, 0.05) is 13.0 Å². The SMILES string of the molecule is C=C1CCCC/C=C/c2cccc(c2)[C@@H](C)NC(=O)[C@@H]2CCCN(N2)C(=O)[C@H](C)NC(=O)[C@H](C(C)C)O1. The number of hydrazine groups is 1. The highest BCUT2D eigenvalue weighted by atomic mass is 16.5. The summed E-state index contributed by atoms with van der Waals surface area (Å²) >= 11 is 0. The zero-order valence-corrected chi connectivity index (χ0v) is 22.6. The number of nitrogens with zero attached hydrogens (tertiary/aromatic N) is 1. The van der Waals surface area contributed by atoms with E-state index in [4.69, 9.17) is 4.74 Å². The monoisotopic (exact) mass is 510 g/mol. The lowest BCUT2D eigenvalue weighted by molar-refractivity contribution is -0.145. The summed E-state index contributed by atoms with van der Waals surface area (Å²) in [6.07, 6.45) is 8.28. The fraction of sp³-hybridized carbons (Fsp3) is 0.552. The first-order valence-electron chi connectivity index (χ1n) is 13.4. The molecule has 37 heavy (non-hydrogen) atoms. The minimum Gasteiger partial charge on any atom is -0.485 e. The minimum atomic E-state index is -0.772. The van der Waals surface area contributed by atoms with E-state index in [2.05, 4.69) is 40.9 Å². The van der Waals surface area contributed by atoms with Gasteiger partial charge in [-0.25, -0.2) is 5.43 Å². The summed E-state index contributed by atoms with van der Waals surface area (Å²) in [5.41, 5.74) is 5.17. The van der Waals surface area contributed by atoms with Crippen LogP contribution in [0.5, 0.6) is 0 Å². The second kappa shape index (κ2) is 13.4. The number of hydrogen-bond acceptors (Lipinski definition) is 5. The third-order valence-electron chi connectivity index (χ3n) is 6.81. The highest BCUT2D eigenvalue weighted by molar-refractivity contribution is 5.89. The van der Waals surface area contributed by atoms with Gasteiger partial charge in [0.05, 0.1) is 11.8 Å². The molecule has 2 aliphatic heterocycles. The smallest absolute Gasteiger partial charge is 0.261 e. The number of carbonyl (C=O) groups excluding carboxylic acids is 3. The van der Waals surface area contributed by atoms with E-state index in [1.54, 1.807) is 6.92 Å². The van der Waals surface area contributed by atoms with Crippen molar-refractivity contribution in [1.82, 2.24) is 21.1 Å². The van der Waals surface area contributed by atoms with Gasteiger partial charge in [-0.2, -0.15) is 0 Å². The molecule has 1 aromatic carbocycles. The van der Waals surface area contributed by atoms with Crippen molar-refractivity contribution < 1.29 is 19.1 Å². The van der Waals surface area contributed by atoms with Crippen LogP contribution in [0.4, 0.5) is 0 Å². The van der Waals surface area contributed by atoms with Crippen LogP contribution in [0.1, 0.15) is 83.4 Å². The van der Waals surface area contributed by atoms with Gasteiger partial charge in [0.15, 0.2) is 6.10 Å². The van der Waals surface area contributed by atoms with Crippen molar-refractivity contribution in [3.05, 3.63) is 53.8 Å². The third-order valence-corrected chi connectivity index (χ3v) is 6.81. The van der Waals surface area contributed by atoms with Crippen LogP contribution in [0.15, 0.2) is 42.7 Å². The number of amides is 3. The maximum absolute atomic E-state index is 13.1. The maximum atomic E-state index is 13.1. The summed E-state index contributed by atoms with van der Waals surface area (Å²) in [7, 11) is 0. The number of hydrogen-bond donors (Lipinski definition) is 3. The van der Waals surface area contributed by atoms with E-state index in [0.717, 1.165) is 30.4 Å². The van der Waals surface area contributed by atoms with E-state index in [1.807, 2.05) is 39.0 Å². The van der Waals surface area contributed by atoms with Gasteiger partial charge in [-0.15, -0.1) is 0 Å². The normalized spacial score (nSPS) is 27.9. The number of ether oxygens (including phenoxy) is 1. The standard InChI is InChI=1S/C29H42N4O4/c1-19(2)26-28(35)31-22(5)29(36)33-17-11-16-25(32-33)27(34)30-21(4)24-15-10-14-23(18-24)13-9-7-6-8-12-20(3)37-26/h9-10,13-15,18-19,21-22,25-26,32H,3,6-8,11-12,16-17H2,1-2,4-5H3,(H,30,34)(H,31,35)/b13-9+/t21-,22+,25+,26+/m1/s1. The molecule has 2 heterocycles. The van der Waals surface area contributed by atoms with Gasteiger partial charge in [0.2, 0.25) is 5.91 Å². The summed E-state index contributed by atoms with van der Waals surface area (Å²) < 4.78 is 5.94. The molecule has 0 spiro atoms. The molecule has 1 fully saturated rings. The lowest BCUT2D eigenvalue weighted by atomic mass is 10.0. The topological polar surface area (TPSA) is 99.8 Å². The van der Waals surface area contributed by atoms with E-state index < -0.39 is 18.2 Å². The van der Waals surface area contributed by atoms with Gasteiger partial charge in [-0.05, 0) is 69.1 Å². The van der Waals surface area contributed by atoms with Crippen LogP contribution in [0.2, 0.25) is 0 Å². The lowest BCUT2D eigenvalue weighted by Crippen LogP contribution is -2.61. The Labute approximate surface area is 220 Å². The van der Waals surface area contributed by atoms with Gasteiger partial charge in [0.25, 0.3) is 11.8 Å².